The molecule has 2 rings (SSSR count). The summed E-state index contributed by atoms with van der Waals surface area (Å²) >= 11 is 0. The Bertz CT molecular complexity index is 425. The highest BCUT2D eigenvalue weighted by molar-refractivity contribution is 7.89. The average molecular weight is 290 g/mol. The third-order valence-electron chi connectivity index (χ3n) is 4.10. The zero-order chi connectivity index (χ0) is 14.0. The van der Waals surface area contributed by atoms with Crippen molar-refractivity contribution in [1.82, 2.24) is 9.62 Å². The van der Waals surface area contributed by atoms with Crippen LogP contribution in [0.1, 0.15) is 39.0 Å². The number of carboxylic acids is 1. The first-order chi connectivity index (χ1) is 8.92. The van der Waals surface area contributed by atoms with Crippen molar-refractivity contribution in [2.45, 2.75) is 57.2 Å². The Hall–Kier alpha value is -0.660. The molecule has 0 aromatic heterocycles. The van der Waals surface area contributed by atoms with Gasteiger partial charge in [0.2, 0.25) is 10.0 Å². The Kier molecular flexibility index (Phi) is 4.47. The van der Waals surface area contributed by atoms with E-state index in [9.17, 15) is 13.2 Å². The highest BCUT2D eigenvalue weighted by Gasteiger charge is 2.39. The lowest BCUT2D eigenvalue weighted by Gasteiger charge is -2.36. The minimum atomic E-state index is -3.46. The molecule has 2 aliphatic heterocycles. The summed E-state index contributed by atoms with van der Waals surface area (Å²) in [7, 11) is -3.46. The van der Waals surface area contributed by atoms with Gasteiger partial charge >= 0.3 is 5.97 Å². The standard InChI is InChI=1S/C12H22N2O4S/c1-2-14(19(17,18)6-5-12(15)16)11-7-9-3-4-10(8-11)13-9/h9-11,13H,2-8H2,1H3,(H,15,16). The molecule has 0 saturated carbocycles. The lowest BCUT2D eigenvalue weighted by Crippen LogP contribution is -2.50. The number of nitrogens with zero attached hydrogens (tertiary/aromatic N) is 1. The summed E-state index contributed by atoms with van der Waals surface area (Å²) < 4.78 is 26.0. The van der Waals surface area contributed by atoms with Gasteiger partial charge in [-0.15, -0.1) is 0 Å². The van der Waals surface area contributed by atoms with Crippen LogP contribution in [0.3, 0.4) is 0 Å². The number of carboxylic acid groups (broad SMARTS) is 1. The summed E-state index contributed by atoms with van der Waals surface area (Å²) in [4.78, 5) is 10.6. The maximum Gasteiger partial charge on any atom is 0.304 e. The molecule has 2 heterocycles. The molecule has 2 atom stereocenters. The van der Waals surface area contributed by atoms with Crippen LogP contribution in [-0.2, 0) is 14.8 Å². The molecule has 6 nitrogen and oxygen atoms in total. The number of piperidine rings is 1. The maximum absolute atomic E-state index is 12.2. The highest BCUT2D eigenvalue weighted by Crippen LogP contribution is 2.31. The largest absolute Gasteiger partial charge is 0.481 e. The zero-order valence-electron chi connectivity index (χ0n) is 11.2. The Morgan fingerprint density at radius 1 is 1.32 bits per heavy atom. The number of nitrogens with one attached hydrogen (secondary N) is 1. The van der Waals surface area contributed by atoms with Gasteiger partial charge < -0.3 is 10.4 Å². The third kappa shape index (κ3) is 3.46. The van der Waals surface area contributed by atoms with Crippen LogP contribution in [0.25, 0.3) is 0 Å². The molecule has 7 heteroatoms. The van der Waals surface area contributed by atoms with E-state index in [-0.39, 0.29) is 18.2 Å². The van der Waals surface area contributed by atoms with Gasteiger partial charge in [0.1, 0.15) is 0 Å². The minimum absolute atomic E-state index is 0.0301. The number of fused-ring (bicyclic) bond motifs is 2. The molecule has 0 amide bonds. The van der Waals surface area contributed by atoms with Gasteiger partial charge in [-0.25, -0.2) is 8.42 Å². The van der Waals surface area contributed by atoms with Crippen molar-refractivity contribution in [2.24, 2.45) is 0 Å². The number of sulfonamides is 1. The monoisotopic (exact) mass is 290 g/mol. The van der Waals surface area contributed by atoms with E-state index in [1.54, 1.807) is 0 Å². The van der Waals surface area contributed by atoms with Gasteiger partial charge in [0.05, 0.1) is 12.2 Å². The average Bonchev–Trinajstić information content (AvgIpc) is 2.67. The van der Waals surface area contributed by atoms with E-state index < -0.39 is 16.0 Å². The molecule has 110 valence electrons. The second-order valence-electron chi connectivity index (χ2n) is 5.43. The summed E-state index contributed by atoms with van der Waals surface area (Å²) in [6, 6.07) is 0.877. The van der Waals surface area contributed by atoms with Gasteiger partial charge in [-0.05, 0) is 25.7 Å². The third-order valence-corrected chi connectivity index (χ3v) is 6.09. The molecule has 0 spiro atoms. The topological polar surface area (TPSA) is 86.7 Å². The number of carbonyl (C=O) groups is 1. The zero-order valence-corrected chi connectivity index (χ0v) is 12.0. The molecule has 2 N–H and O–H groups in total. The van der Waals surface area contributed by atoms with Crippen molar-refractivity contribution in [3.63, 3.8) is 0 Å². The predicted octanol–water partition coefficient (Wildman–Crippen LogP) is 0.396. The quantitative estimate of drug-likeness (QED) is 0.739. The van der Waals surface area contributed by atoms with Gasteiger partial charge in [0.15, 0.2) is 0 Å². The van der Waals surface area contributed by atoms with Crippen LogP contribution in [0, 0.1) is 0 Å². The van der Waals surface area contributed by atoms with E-state index >= 15 is 0 Å². The van der Waals surface area contributed by atoms with Crippen LogP contribution in [0.15, 0.2) is 0 Å². The molecule has 2 aliphatic rings. The molecule has 0 aromatic carbocycles. The van der Waals surface area contributed by atoms with Gasteiger partial charge in [-0.1, -0.05) is 6.92 Å². The van der Waals surface area contributed by atoms with E-state index in [4.69, 9.17) is 5.11 Å². The van der Waals surface area contributed by atoms with Crippen LogP contribution in [0.2, 0.25) is 0 Å². The molecular formula is C12H22N2O4S. The molecule has 2 fully saturated rings. The van der Waals surface area contributed by atoms with Crippen LogP contribution >= 0.6 is 0 Å². The highest BCUT2D eigenvalue weighted by atomic mass is 32.2. The molecule has 2 bridgehead atoms. The lowest BCUT2D eigenvalue weighted by atomic mass is 10.00. The van der Waals surface area contributed by atoms with Crippen LogP contribution in [0.5, 0.6) is 0 Å². The van der Waals surface area contributed by atoms with Crippen LogP contribution in [-0.4, -0.2) is 54.2 Å². The van der Waals surface area contributed by atoms with Crippen molar-refractivity contribution in [2.75, 3.05) is 12.3 Å². The summed E-state index contributed by atoms with van der Waals surface area (Å²) in [6.07, 6.45) is 3.60. The van der Waals surface area contributed by atoms with E-state index in [1.807, 2.05) is 6.92 Å². The van der Waals surface area contributed by atoms with Gasteiger partial charge in [0.25, 0.3) is 0 Å². The first-order valence-electron chi connectivity index (χ1n) is 6.89. The van der Waals surface area contributed by atoms with Gasteiger partial charge in [-0.2, -0.15) is 4.31 Å². The minimum Gasteiger partial charge on any atom is -0.481 e. The first kappa shape index (κ1) is 14.7. The fraction of sp³-hybridized carbons (Fsp3) is 0.917. The molecule has 0 radical (unpaired) electrons. The Morgan fingerprint density at radius 2 is 1.89 bits per heavy atom. The van der Waals surface area contributed by atoms with Gasteiger partial charge in [-0.3, -0.25) is 4.79 Å². The molecule has 2 saturated heterocycles. The fourth-order valence-corrected chi connectivity index (χ4v) is 4.96. The maximum atomic E-state index is 12.2. The molecular weight excluding hydrogens is 268 g/mol. The molecule has 19 heavy (non-hydrogen) atoms. The summed E-state index contributed by atoms with van der Waals surface area (Å²) in [6.45, 7) is 2.24. The smallest absolute Gasteiger partial charge is 0.304 e. The Balaban J connectivity index is 2.04. The van der Waals surface area contributed by atoms with Crippen molar-refractivity contribution in [3.8, 4) is 0 Å². The molecule has 2 unspecified atom stereocenters. The van der Waals surface area contributed by atoms with E-state index in [0.29, 0.717) is 18.6 Å². The van der Waals surface area contributed by atoms with Crippen LogP contribution in [0.4, 0.5) is 0 Å². The van der Waals surface area contributed by atoms with E-state index in [1.165, 1.54) is 4.31 Å². The predicted molar refractivity (Wildman–Crippen MR) is 71.4 cm³/mol. The van der Waals surface area contributed by atoms with Crippen molar-refractivity contribution >= 4 is 16.0 Å². The molecule has 0 aliphatic carbocycles. The first-order valence-corrected chi connectivity index (χ1v) is 8.50. The van der Waals surface area contributed by atoms with E-state index in [2.05, 4.69) is 5.32 Å². The second-order valence-corrected chi connectivity index (χ2v) is 7.47. The Morgan fingerprint density at radius 3 is 2.37 bits per heavy atom. The normalized spacial score (nSPS) is 30.7. The number of hydrogen-bond donors (Lipinski definition) is 2. The number of hydrogen-bond acceptors (Lipinski definition) is 4. The van der Waals surface area contributed by atoms with Crippen molar-refractivity contribution in [1.29, 1.82) is 0 Å². The van der Waals surface area contributed by atoms with Crippen molar-refractivity contribution in [3.05, 3.63) is 0 Å². The fourth-order valence-electron chi connectivity index (χ4n) is 3.28. The van der Waals surface area contributed by atoms with E-state index in [0.717, 1.165) is 25.7 Å². The summed E-state index contributed by atoms with van der Waals surface area (Å²) in [5, 5.41) is 12.1. The SMILES string of the molecule is CCN(C1CC2CCC(C1)N2)S(=O)(=O)CCC(=O)O. The second kappa shape index (κ2) is 5.76. The lowest BCUT2D eigenvalue weighted by molar-refractivity contribution is -0.136. The number of rotatable bonds is 6. The number of aliphatic carboxylic acids is 1. The Labute approximate surface area is 114 Å². The van der Waals surface area contributed by atoms with Crippen LogP contribution < -0.4 is 5.32 Å². The molecule has 0 aromatic rings. The summed E-state index contributed by atoms with van der Waals surface area (Å²) in [5.41, 5.74) is 0. The van der Waals surface area contributed by atoms with Crippen molar-refractivity contribution < 1.29 is 18.3 Å². The van der Waals surface area contributed by atoms with Gasteiger partial charge in [0, 0.05) is 24.7 Å². The summed E-state index contributed by atoms with van der Waals surface area (Å²) in [5.74, 6) is -1.36.